The highest BCUT2D eigenvalue weighted by atomic mass is 32.2. The number of nitrogens with one attached hydrogen (secondary N) is 1. The number of hydrogen-bond acceptors (Lipinski definition) is 5. The Morgan fingerprint density at radius 3 is 2.16 bits per heavy atom. The van der Waals surface area contributed by atoms with Gasteiger partial charge in [0.2, 0.25) is 15.9 Å². The van der Waals surface area contributed by atoms with Gasteiger partial charge in [-0.3, -0.25) is 9.10 Å². The van der Waals surface area contributed by atoms with Crippen LogP contribution in [0, 0.1) is 0 Å². The third-order valence-corrected chi connectivity index (χ3v) is 5.43. The topological polar surface area (TPSA) is 84.9 Å². The summed E-state index contributed by atoms with van der Waals surface area (Å²) in [5.74, 6) is 1.08. The molecular formula is C24H26N2O5S. The van der Waals surface area contributed by atoms with Crippen molar-refractivity contribution in [3.8, 4) is 17.2 Å². The van der Waals surface area contributed by atoms with Crippen molar-refractivity contribution in [2.45, 2.75) is 20.0 Å². The van der Waals surface area contributed by atoms with Crippen LogP contribution < -0.4 is 19.1 Å². The first-order chi connectivity index (χ1) is 15.2. The molecule has 0 radical (unpaired) electrons. The van der Waals surface area contributed by atoms with Gasteiger partial charge >= 0.3 is 0 Å². The van der Waals surface area contributed by atoms with Gasteiger partial charge in [0.05, 0.1) is 18.0 Å². The molecule has 0 aliphatic rings. The predicted molar refractivity (Wildman–Crippen MR) is 126 cm³/mol. The molecule has 8 heteroatoms. The van der Waals surface area contributed by atoms with Crippen LogP contribution in [0.5, 0.6) is 17.2 Å². The highest BCUT2D eigenvalue weighted by molar-refractivity contribution is 7.92. The molecule has 7 nitrogen and oxygen atoms in total. The quantitative estimate of drug-likeness (QED) is 0.508. The molecule has 1 N–H and O–H groups in total. The summed E-state index contributed by atoms with van der Waals surface area (Å²) in [7, 11) is -3.77. The maximum absolute atomic E-state index is 12.7. The van der Waals surface area contributed by atoms with Crippen molar-refractivity contribution in [3.05, 3.63) is 78.9 Å². The number of anilines is 2. The number of carbonyl (C=O) groups excluding carboxylic acids is 1. The molecule has 0 saturated heterocycles. The van der Waals surface area contributed by atoms with Crippen LogP contribution in [0.25, 0.3) is 0 Å². The average molecular weight is 455 g/mol. The first kappa shape index (κ1) is 23.1. The smallest absolute Gasteiger partial charge is 0.245 e. The van der Waals surface area contributed by atoms with Crippen molar-refractivity contribution in [1.29, 1.82) is 0 Å². The largest absolute Gasteiger partial charge is 0.491 e. The Bertz CT molecular complexity index is 1150. The number of carbonyl (C=O) groups is 1. The zero-order valence-electron chi connectivity index (χ0n) is 18.2. The van der Waals surface area contributed by atoms with Crippen LogP contribution in [0.1, 0.15) is 13.8 Å². The second-order valence-corrected chi connectivity index (χ2v) is 9.30. The van der Waals surface area contributed by atoms with E-state index >= 15 is 0 Å². The standard InChI is InChI=1S/C24H26N2O5S/c1-18(2)30-21-15-13-19(14-16-21)25-24(27)17-26(32(3,28)29)22-11-7-8-12-23(22)31-20-9-5-4-6-10-20/h4-16,18H,17H2,1-3H3,(H,25,27). The second kappa shape index (κ2) is 10.2. The molecule has 3 rings (SSSR count). The third kappa shape index (κ3) is 6.49. The molecule has 0 fully saturated rings. The monoisotopic (exact) mass is 454 g/mol. The minimum absolute atomic E-state index is 0.0388. The van der Waals surface area contributed by atoms with Crippen molar-refractivity contribution in [1.82, 2.24) is 0 Å². The summed E-state index contributed by atoms with van der Waals surface area (Å²) >= 11 is 0. The number of hydrogen-bond donors (Lipinski definition) is 1. The lowest BCUT2D eigenvalue weighted by Crippen LogP contribution is -2.37. The molecular weight excluding hydrogens is 428 g/mol. The van der Waals surface area contributed by atoms with E-state index in [1.54, 1.807) is 60.7 Å². The van der Waals surface area contributed by atoms with Crippen LogP contribution >= 0.6 is 0 Å². The van der Waals surface area contributed by atoms with Crippen LogP contribution in [0.15, 0.2) is 78.9 Å². The number of sulfonamides is 1. The average Bonchev–Trinajstić information content (AvgIpc) is 2.74. The maximum atomic E-state index is 12.7. The van der Waals surface area contributed by atoms with E-state index in [9.17, 15) is 13.2 Å². The Labute approximate surface area is 188 Å². The van der Waals surface area contributed by atoms with Crippen molar-refractivity contribution in [2.75, 3.05) is 22.4 Å². The number of ether oxygens (including phenoxy) is 2. The van der Waals surface area contributed by atoms with Gasteiger partial charge in [-0.1, -0.05) is 30.3 Å². The van der Waals surface area contributed by atoms with E-state index in [2.05, 4.69) is 5.32 Å². The van der Waals surface area contributed by atoms with Gasteiger partial charge in [-0.05, 0) is 62.4 Å². The molecule has 1 amide bonds. The van der Waals surface area contributed by atoms with Gasteiger partial charge in [0.1, 0.15) is 18.0 Å². The van der Waals surface area contributed by atoms with E-state index in [1.165, 1.54) is 0 Å². The fourth-order valence-corrected chi connectivity index (χ4v) is 3.83. The number of nitrogens with zero attached hydrogens (tertiary/aromatic N) is 1. The van der Waals surface area contributed by atoms with Gasteiger partial charge in [0, 0.05) is 5.69 Å². The summed E-state index contributed by atoms with van der Waals surface area (Å²) < 4.78 is 37.6. The molecule has 0 atom stereocenters. The summed E-state index contributed by atoms with van der Waals surface area (Å²) in [4.78, 5) is 12.7. The van der Waals surface area contributed by atoms with Crippen molar-refractivity contribution < 1.29 is 22.7 Å². The number of benzene rings is 3. The Kier molecular flexibility index (Phi) is 7.37. The summed E-state index contributed by atoms with van der Waals surface area (Å²) in [5, 5.41) is 2.72. The number of amides is 1. The van der Waals surface area contributed by atoms with Crippen LogP contribution in [-0.2, 0) is 14.8 Å². The molecule has 3 aromatic carbocycles. The van der Waals surface area contributed by atoms with Gasteiger partial charge in [-0.25, -0.2) is 8.42 Å². The summed E-state index contributed by atoms with van der Waals surface area (Å²) in [6.07, 6.45) is 1.09. The fraction of sp³-hybridized carbons (Fsp3) is 0.208. The predicted octanol–water partition coefficient (Wildman–Crippen LogP) is 4.67. The minimum atomic E-state index is -3.77. The zero-order valence-corrected chi connectivity index (χ0v) is 19.0. The van der Waals surface area contributed by atoms with E-state index in [4.69, 9.17) is 9.47 Å². The first-order valence-electron chi connectivity index (χ1n) is 10.1. The van der Waals surface area contributed by atoms with E-state index in [-0.39, 0.29) is 11.8 Å². The van der Waals surface area contributed by atoms with Crippen LogP contribution in [0.3, 0.4) is 0 Å². The molecule has 0 saturated carbocycles. The summed E-state index contributed by atoms with van der Waals surface area (Å²) in [6, 6.07) is 22.6. The number of para-hydroxylation sites is 3. The van der Waals surface area contributed by atoms with Gasteiger partial charge < -0.3 is 14.8 Å². The fourth-order valence-electron chi connectivity index (χ4n) is 2.97. The van der Waals surface area contributed by atoms with Crippen molar-refractivity contribution >= 4 is 27.3 Å². The van der Waals surface area contributed by atoms with Gasteiger partial charge in [-0.2, -0.15) is 0 Å². The van der Waals surface area contributed by atoms with Gasteiger partial charge in [-0.15, -0.1) is 0 Å². The Morgan fingerprint density at radius 2 is 1.53 bits per heavy atom. The molecule has 3 aromatic rings. The maximum Gasteiger partial charge on any atom is 0.245 e. The Balaban J connectivity index is 1.79. The summed E-state index contributed by atoms with van der Waals surface area (Å²) in [5.41, 5.74) is 0.808. The van der Waals surface area contributed by atoms with Crippen LogP contribution in [0.4, 0.5) is 11.4 Å². The highest BCUT2D eigenvalue weighted by Gasteiger charge is 2.24. The highest BCUT2D eigenvalue weighted by Crippen LogP contribution is 2.33. The molecule has 0 bridgehead atoms. The molecule has 32 heavy (non-hydrogen) atoms. The first-order valence-corrected chi connectivity index (χ1v) is 11.9. The van der Waals surface area contributed by atoms with Crippen molar-refractivity contribution in [2.24, 2.45) is 0 Å². The lowest BCUT2D eigenvalue weighted by Gasteiger charge is -2.24. The second-order valence-electron chi connectivity index (χ2n) is 7.39. The van der Waals surface area contributed by atoms with Gasteiger partial charge in [0.25, 0.3) is 0 Å². The van der Waals surface area contributed by atoms with E-state index in [0.29, 0.717) is 22.9 Å². The number of rotatable bonds is 9. The van der Waals surface area contributed by atoms with E-state index < -0.39 is 22.5 Å². The molecule has 0 heterocycles. The van der Waals surface area contributed by atoms with Crippen molar-refractivity contribution in [3.63, 3.8) is 0 Å². The van der Waals surface area contributed by atoms with Crippen LogP contribution in [0.2, 0.25) is 0 Å². The van der Waals surface area contributed by atoms with E-state index in [0.717, 1.165) is 10.6 Å². The molecule has 0 unspecified atom stereocenters. The Hall–Kier alpha value is -3.52. The lowest BCUT2D eigenvalue weighted by molar-refractivity contribution is -0.114. The molecule has 0 aliphatic heterocycles. The third-order valence-electron chi connectivity index (χ3n) is 4.30. The summed E-state index contributed by atoms with van der Waals surface area (Å²) in [6.45, 7) is 3.45. The van der Waals surface area contributed by atoms with Gasteiger partial charge in [0.15, 0.2) is 5.75 Å². The molecule has 168 valence electrons. The molecule has 0 aliphatic carbocycles. The zero-order chi connectivity index (χ0) is 23.1. The molecule has 0 spiro atoms. The SMILES string of the molecule is CC(C)Oc1ccc(NC(=O)CN(c2ccccc2Oc2ccccc2)S(C)(=O)=O)cc1. The minimum Gasteiger partial charge on any atom is -0.491 e. The normalized spacial score (nSPS) is 11.1. The van der Waals surface area contributed by atoms with E-state index in [1.807, 2.05) is 32.0 Å². The molecule has 0 aromatic heterocycles. The lowest BCUT2D eigenvalue weighted by atomic mass is 10.2. The Morgan fingerprint density at radius 1 is 0.906 bits per heavy atom. The van der Waals surface area contributed by atoms with Crippen LogP contribution in [-0.4, -0.2) is 33.2 Å².